The monoisotopic (exact) mass is 268 g/mol. The molecule has 1 aromatic heterocycles. The summed E-state index contributed by atoms with van der Waals surface area (Å²) in [6, 6.07) is 0.595. The van der Waals surface area contributed by atoms with Gasteiger partial charge in [-0.1, -0.05) is 0 Å². The van der Waals surface area contributed by atoms with Crippen molar-refractivity contribution in [2.45, 2.75) is 39.3 Å². The van der Waals surface area contributed by atoms with Crippen LogP contribution in [0.25, 0.3) is 0 Å². The number of carbonyl (C=O) groups is 1. The van der Waals surface area contributed by atoms with Crippen LogP contribution in [0.2, 0.25) is 0 Å². The molecule has 1 atom stereocenters. The largest absolute Gasteiger partial charge is 0.461 e. The third-order valence-electron chi connectivity index (χ3n) is 3.41. The number of thiazole rings is 1. The van der Waals surface area contributed by atoms with E-state index in [4.69, 9.17) is 4.74 Å². The predicted molar refractivity (Wildman–Crippen MR) is 71.7 cm³/mol. The first-order valence-electron chi connectivity index (χ1n) is 6.43. The predicted octanol–water partition coefficient (Wildman–Crippen LogP) is 2.55. The summed E-state index contributed by atoms with van der Waals surface area (Å²) in [5.74, 6) is 0.532. The van der Waals surface area contributed by atoms with Crippen molar-refractivity contribution in [2.24, 2.45) is 5.92 Å². The number of hydrogen-bond acceptors (Lipinski definition) is 5. The number of ether oxygens (including phenoxy) is 1. The van der Waals surface area contributed by atoms with Gasteiger partial charge in [0.15, 0.2) is 0 Å². The summed E-state index contributed by atoms with van der Waals surface area (Å²) in [7, 11) is 2.12. The van der Waals surface area contributed by atoms with Gasteiger partial charge < -0.3 is 4.74 Å². The van der Waals surface area contributed by atoms with Gasteiger partial charge in [0.2, 0.25) is 5.01 Å². The second-order valence-corrected chi connectivity index (χ2v) is 5.72. The van der Waals surface area contributed by atoms with E-state index in [2.05, 4.69) is 23.9 Å². The number of carbonyl (C=O) groups excluding carboxylic acids is 1. The second kappa shape index (κ2) is 5.80. The van der Waals surface area contributed by atoms with Crippen molar-refractivity contribution in [3.8, 4) is 0 Å². The standard InChI is InChI=1S/C13H20N2O2S/c1-4-17-13(16)12-14-11(8-18-12)7-15(3)9(2)10-5-6-10/h8-10H,4-7H2,1-3H3. The van der Waals surface area contributed by atoms with E-state index in [1.54, 1.807) is 6.92 Å². The van der Waals surface area contributed by atoms with Crippen LogP contribution in [-0.4, -0.2) is 35.5 Å². The smallest absolute Gasteiger partial charge is 0.367 e. The van der Waals surface area contributed by atoms with Gasteiger partial charge in [0.1, 0.15) is 0 Å². The molecular formula is C13H20N2O2S. The van der Waals surface area contributed by atoms with E-state index in [9.17, 15) is 4.79 Å². The van der Waals surface area contributed by atoms with Crippen LogP contribution < -0.4 is 0 Å². The van der Waals surface area contributed by atoms with Crippen molar-refractivity contribution < 1.29 is 9.53 Å². The Kier molecular flexibility index (Phi) is 4.35. The summed E-state index contributed by atoms with van der Waals surface area (Å²) in [5.41, 5.74) is 0.957. The highest BCUT2D eigenvalue weighted by Crippen LogP contribution is 2.35. The molecule has 0 radical (unpaired) electrons. The van der Waals surface area contributed by atoms with Crippen molar-refractivity contribution in [1.82, 2.24) is 9.88 Å². The summed E-state index contributed by atoms with van der Waals surface area (Å²) in [4.78, 5) is 18.1. The van der Waals surface area contributed by atoms with Crippen LogP contribution in [0.1, 0.15) is 42.2 Å². The van der Waals surface area contributed by atoms with Crippen LogP contribution in [0, 0.1) is 5.92 Å². The van der Waals surface area contributed by atoms with Crippen molar-refractivity contribution in [3.63, 3.8) is 0 Å². The Morgan fingerprint density at radius 3 is 3.00 bits per heavy atom. The maximum atomic E-state index is 11.5. The van der Waals surface area contributed by atoms with Crippen LogP contribution in [0.3, 0.4) is 0 Å². The van der Waals surface area contributed by atoms with Gasteiger partial charge in [0.25, 0.3) is 0 Å². The Bertz CT molecular complexity index is 415. The van der Waals surface area contributed by atoms with E-state index in [1.807, 2.05) is 5.38 Å². The zero-order valence-electron chi connectivity index (χ0n) is 11.2. The van der Waals surface area contributed by atoms with E-state index in [-0.39, 0.29) is 5.97 Å². The Hall–Kier alpha value is -0.940. The number of rotatable bonds is 6. The van der Waals surface area contributed by atoms with E-state index < -0.39 is 0 Å². The molecule has 5 heteroatoms. The van der Waals surface area contributed by atoms with Crippen LogP contribution in [0.15, 0.2) is 5.38 Å². The molecule has 1 aliphatic rings. The number of aromatic nitrogens is 1. The molecule has 0 saturated heterocycles. The van der Waals surface area contributed by atoms with Crippen molar-refractivity contribution >= 4 is 17.3 Å². The van der Waals surface area contributed by atoms with Crippen LogP contribution >= 0.6 is 11.3 Å². The van der Waals surface area contributed by atoms with Crippen LogP contribution in [0.4, 0.5) is 0 Å². The van der Waals surface area contributed by atoms with Gasteiger partial charge in [0, 0.05) is 18.0 Å². The van der Waals surface area contributed by atoms with Gasteiger partial charge in [-0.05, 0) is 39.7 Å². The first kappa shape index (κ1) is 13.5. The molecule has 1 saturated carbocycles. The first-order chi connectivity index (χ1) is 8.61. The van der Waals surface area contributed by atoms with Crippen molar-refractivity contribution in [1.29, 1.82) is 0 Å². The lowest BCUT2D eigenvalue weighted by molar-refractivity contribution is 0.0525. The zero-order chi connectivity index (χ0) is 13.1. The maximum Gasteiger partial charge on any atom is 0.367 e. The van der Waals surface area contributed by atoms with Gasteiger partial charge in [-0.15, -0.1) is 11.3 Å². The molecule has 0 N–H and O–H groups in total. The average Bonchev–Trinajstić information content (AvgIpc) is 3.09. The SMILES string of the molecule is CCOC(=O)c1nc(CN(C)C(C)C2CC2)cs1. The average molecular weight is 268 g/mol. The molecule has 0 aliphatic heterocycles. The summed E-state index contributed by atoms with van der Waals surface area (Å²) < 4.78 is 4.94. The topological polar surface area (TPSA) is 42.4 Å². The highest BCUT2D eigenvalue weighted by Gasteiger charge is 2.30. The summed E-state index contributed by atoms with van der Waals surface area (Å²) in [5, 5.41) is 2.40. The van der Waals surface area contributed by atoms with E-state index in [1.165, 1.54) is 24.2 Å². The van der Waals surface area contributed by atoms with Crippen molar-refractivity contribution in [3.05, 3.63) is 16.1 Å². The molecule has 0 bridgehead atoms. The maximum absolute atomic E-state index is 11.5. The molecule has 4 nitrogen and oxygen atoms in total. The van der Waals surface area contributed by atoms with E-state index in [0.29, 0.717) is 17.7 Å². The molecule has 1 fully saturated rings. The van der Waals surface area contributed by atoms with Gasteiger partial charge in [0.05, 0.1) is 12.3 Å². The molecule has 0 amide bonds. The molecule has 1 heterocycles. The number of esters is 1. The molecule has 18 heavy (non-hydrogen) atoms. The quantitative estimate of drug-likeness (QED) is 0.744. The number of hydrogen-bond donors (Lipinski definition) is 0. The minimum atomic E-state index is -0.313. The third kappa shape index (κ3) is 3.29. The molecule has 2 rings (SSSR count). The molecule has 0 spiro atoms. The van der Waals surface area contributed by atoms with Crippen LogP contribution in [0.5, 0.6) is 0 Å². The number of nitrogens with zero attached hydrogens (tertiary/aromatic N) is 2. The molecule has 1 unspecified atom stereocenters. The first-order valence-corrected chi connectivity index (χ1v) is 7.31. The Morgan fingerprint density at radius 1 is 1.67 bits per heavy atom. The fourth-order valence-corrected chi connectivity index (χ4v) is 2.70. The molecule has 1 aliphatic carbocycles. The molecule has 0 aromatic carbocycles. The van der Waals surface area contributed by atoms with Gasteiger partial charge in [-0.2, -0.15) is 0 Å². The Labute approximate surface area is 112 Å². The van der Waals surface area contributed by atoms with Gasteiger partial charge >= 0.3 is 5.97 Å². The highest BCUT2D eigenvalue weighted by atomic mass is 32.1. The summed E-state index contributed by atoms with van der Waals surface area (Å²) in [6.07, 6.45) is 2.69. The lowest BCUT2D eigenvalue weighted by Crippen LogP contribution is -2.30. The van der Waals surface area contributed by atoms with E-state index >= 15 is 0 Å². The summed E-state index contributed by atoms with van der Waals surface area (Å²) in [6.45, 7) is 5.26. The normalized spacial score (nSPS) is 16.9. The minimum absolute atomic E-state index is 0.313. The summed E-state index contributed by atoms with van der Waals surface area (Å²) >= 11 is 1.36. The minimum Gasteiger partial charge on any atom is -0.461 e. The van der Waals surface area contributed by atoms with Crippen molar-refractivity contribution in [2.75, 3.05) is 13.7 Å². The fraction of sp³-hybridized carbons (Fsp3) is 0.692. The molecule has 100 valence electrons. The second-order valence-electron chi connectivity index (χ2n) is 4.86. The fourth-order valence-electron chi connectivity index (χ4n) is 2.00. The Balaban J connectivity index is 1.91. The van der Waals surface area contributed by atoms with Crippen LogP contribution in [-0.2, 0) is 11.3 Å². The molecular weight excluding hydrogens is 248 g/mol. The molecule has 1 aromatic rings. The van der Waals surface area contributed by atoms with E-state index in [0.717, 1.165) is 18.2 Å². The third-order valence-corrected chi connectivity index (χ3v) is 4.28. The Morgan fingerprint density at radius 2 is 2.39 bits per heavy atom. The van der Waals surface area contributed by atoms with Gasteiger partial charge in [-0.25, -0.2) is 9.78 Å². The zero-order valence-corrected chi connectivity index (χ0v) is 12.0. The lowest BCUT2D eigenvalue weighted by atomic mass is 10.2. The van der Waals surface area contributed by atoms with Gasteiger partial charge in [-0.3, -0.25) is 4.90 Å². The lowest BCUT2D eigenvalue weighted by Gasteiger charge is -2.23. The highest BCUT2D eigenvalue weighted by molar-refractivity contribution is 7.11.